The van der Waals surface area contributed by atoms with Crippen molar-refractivity contribution >= 4 is 28.9 Å². The van der Waals surface area contributed by atoms with Gasteiger partial charge in [-0.15, -0.1) is 0 Å². The molecule has 6 rings (SSSR count). The summed E-state index contributed by atoms with van der Waals surface area (Å²) in [6, 6.07) is 44.7. The maximum Gasteiger partial charge on any atom is 0.256 e. The molecular formula is C40H38ClN3O. The molecular weight excluding hydrogens is 574 g/mol. The second-order valence-electron chi connectivity index (χ2n) is 11.6. The molecule has 0 saturated carbocycles. The van der Waals surface area contributed by atoms with Crippen LogP contribution in [-0.4, -0.2) is 19.0 Å². The molecule has 5 aromatic carbocycles. The number of carbonyl (C=O) groups excluding carboxylic acids is 1. The minimum atomic E-state index is -0.137. The molecule has 5 heteroatoms. The molecule has 0 aromatic heterocycles. The lowest BCUT2D eigenvalue weighted by atomic mass is 9.78. The normalized spacial score (nSPS) is 14.0. The van der Waals surface area contributed by atoms with E-state index in [9.17, 15) is 4.79 Å². The molecule has 1 heterocycles. The Labute approximate surface area is 271 Å². The highest BCUT2D eigenvalue weighted by Gasteiger charge is 2.30. The molecule has 4 nitrogen and oxygen atoms in total. The van der Waals surface area contributed by atoms with Gasteiger partial charge in [-0.05, 0) is 83.5 Å². The zero-order chi connectivity index (χ0) is 31.0. The Balaban J connectivity index is 1.09. The highest BCUT2D eigenvalue weighted by molar-refractivity contribution is 6.30. The maximum absolute atomic E-state index is 13.3. The summed E-state index contributed by atoms with van der Waals surface area (Å²) in [5.74, 6) is 0.617. The molecule has 1 unspecified atom stereocenters. The molecule has 0 radical (unpaired) electrons. The molecule has 45 heavy (non-hydrogen) atoms. The first kappa shape index (κ1) is 30.2. The van der Waals surface area contributed by atoms with Gasteiger partial charge in [-0.2, -0.15) is 0 Å². The van der Waals surface area contributed by atoms with E-state index in [1.165, 1.54) is 16.8 Å². The van der Waals surface area contributed by atoms with E-state index in [0.29, 0.717) is 16.5 Å². The minimum absolute atomic E-state index is 0.137. The molecule has 0 bridgehead atoms. The average molecular weight is 612 g/mol. The van der Waals surface area contributed by atoms with E-state index in [1.807, 2.05) is 66.7 Å². The van der Waals surface area contributed by atoms with Gasteiger partial charge in [-0.25, -0.2) is 0 Å². The third kappa shape index (κ3) is 7.47. The fourth-order valence-corrected chi connectivity index (χ4v) is 6.47. The number of hydrogen-bond donors (Lipinski definition) is 2. The number of hydrogen-bond acceptors (Lipinski definition) is 3. The van der Waals surface area contributed by atoms with Gasteiger partial charge in [0.15, 0.2) is 0 Å². The molecule has 1 aliphatic heterocycles. The molecule has 226 valence electrons. The Morgan fingerprint density at radius 2 is 1.40 bits per heavy atom. The van der Waals surface area contributed by atoms with Crippen LogP contribution in [0.5, 0.6) is 0 Å². The zero-order valence-corrected chi connectivity index (χ0v) is 26.1. The second-order valence-corrected chi connectivity index (χ2v) is 12.1. The SMILES string of the molecule is C=C(NCc1ccccc1)C(c1ccccc1)C1CCN(c2ccc(NC(=O)c3ccccc3-c3ccc(Cl)cc3)cc2)CC1. The Morgan fingerprint density at radius 3 is 2.09 bits per heavy atom. The summed E-state index contributed by atoms with van der Waals surface area (Å²) < 4.78 is 0. The molecule has 0 aliphatic carbocycles. The fourth-order valence-electron chi connectivity index (χ4n) is 6.35. The van der Waals surface area contributed by atoms with Crippen molar-refractivity contribution in [2.75, 3.05) is 23.3 Å². The van der Waals surface area contributed by atoms with Gasteiger partial charge in [0.25, 0.3) is 5.91 Å². The van der Waals surface area contributed by atoms with Crippen molar-refractivity contribution < 1.29 is 4.79 Å². The van der Waals surface area contributed by atoms with E-state index in [-0.39, 0.29) is 11.8 Å². The van der Waals surface area contributed by atoms with Crippen LogP contribution < -0.4 is 15.5 Å². The van der Waals surface area contributed by atoms with Gasteiger partial charge in [-0.1, -0.05) is 109 Å². The van der Waals surface area contributed by atoms with E-state index >= 15 is 0 Å². The second kappa shape index (κ2) is 14.3. The standard InChI is InChI=1S/C40H38ClN3O/c1-29(42-28-30-10-4-2-5-11-30)39(32-12-6-3-7-13-32)33-24-26-44(27-25-33)36-22-20-35(21-23-36)43-40(45)38-15-9-8-14-37(38)31-16-18-34(41)19-17-31/h2-23,33,39,42H,1,24-28H2,(H,43,45). The molecule has 1 fully saturated rings. The lowest BCUT2D eigenvalue weighted by Crippen LogP contribution is -2.37. The summed E-state index contributed by atoms with van der Waals surface area (Å²) in [5, 5.41) is 7.39. The van der Waals surface area contributed by atoms with E-state index in [1.54, 1.807) is 0 Å². The molecule has 1 aliphatic rings. The van der Waals surface area contributed by atoms with Gasteiger partial charge < -0.3 is 15.5 Å². The van der Waals surface area contributed by atoms with Gasteiger partial charge >= 0.3 is 0 Å². The Hall–Kier alpha value is -4.80. The van der Waals surface area contributed by atoms with Crippen LogP contribution in [0, 0.1) is 5.92 Å². The molecule has 5 aromatic rings. The zero-order valence-electron chi connectivity index (χ0n) is 25.3. The lowest BCUT2D eigenvalue weighted by Gasteiger charge is -2.38. The molecule has 0 spiro atoms. The number of benzene rings is 5. The monoisotopic (exact) mass is 611 g/mol. The largest absolute Gasteiger partial charge is 0.384 e. The van der Waals surface area contributed by atoms with Gasteiger partial charge in [-0.3, -0.25) is 4.79 Å². The van der Waals surface area contributed by atoms with Crippen LogP contribution in [-0.2, 0) is 6.54 Å². The molecule has 1 saturated heterocycles. The number of amides is 1. The van der Waals surface area contributed by atoms with Gasteiger partial charge in [0.05, 0.1) is 0 Å². The van der Waals surface area contributed by atoms with Crippen LogP contribution >= 0.6 is 11.6 Å². The van der Waals surface area contributed by atoms with E-state index in [4.69, 9.17) is 11.6 Å². The van der Waals surface area contributed by atoms with Crippen LogP contribution in [0.2, 0.25) is 5.02 Å². The number of nitrogens with zero attached hydrogens (tertiary/aromatic N) is 1. The van der Waals surface area contributed by atoms with Gasteiger partial charge in [0.1, 0.15) is 0 Å². The molecule has 1 amide bonds. The van der Waals surface area contributed by atoms with Crippen molar-refractivity contribution in [3.05, 3.63) is 167 Å². The van der Waals surface area contributed by atoms with Crippen molar-refractivity contribution in [1.29, 1.82) is 0 Å². The van der Waals surface area contributed by atoms with Crippen LogP contribution in [0.15, 0.2) is 146 Å². The number of piperidine rings is 1. The summed E-state index contributed by atoms with van der Waals surface area (Å²) in [7, 11) is 0. The highest BCUT2D eigenvalue weighted by atomic mass is 35.5. The summed E-state index contributed by atoms with van der Waals surface area (Å²) in [4.78, 5) is 15.7. The number of anilines is 2. The lowest BCUT2D eigenvalue weighted by molar-refractivity contribution is 0.102. The van der Waals surface area contributed by atoms with E-state index in [0.717, 1.165) is 55.0 Å². The minimum Gasteiger partial charge on any atom is -0.384 e. The Kier molecular flexibility index (Phi) is 9.62. The first-order valence-electron chi connectivity index (χ1n) is 15.6. The van der Waals surface area contributed by atoms with Crippen molar-refractivity contribution in [3.8, 4) is 11.1 Å². The van der Waals surface area contributed by atoms with Crippen LogP contribution in [0.4, 0.5) is 11.4 Å². The topological polar surface area (TPSA) is 44.4 Å². The summed E-state index contributed by atoms with van der Waals surface area (Å²) in [6.45, 7) is 7.24. The number of allylic oxidation sites excluding steroid dienone is 1. The van der Waals surface area contributed by atoms with Crippen molar-refractivity contribution in [2.45, 2.75) is 25.3 Å². The quantitative estimate of drug-likeness (QED) is 0.165. The number of rotatable bonds is 10. The van der Waals surface area contributed by atoms with Crippen molar-refractivity contribution in [3.63, 3.8) is 0 Å². The molecule has 1 atom stereocenters. The first-order chi connectivity index (χ1) is 22.0. The predicted molar refractivity (Wildman–Crippen MR) is 188 cm³/mol. The van der Waals surface area contributed by atoms with Gasteiger partial charge in [0.2, 0.25) is 0 Å². The van der Waals surface area contributed by atoms with Crippen LogP contribution in [0.1, 0.15) is 40.2 Å². The van der Waals surface area contributed by atoms with E-state index in [2.05, 4.69) is 88.8 Å². The highest BCUT2D eigenvalue weighted by Crippen LogP contribution is 2.38. The Bertz CT molecular complexity index is 1710. The van der Waals surface area contributed by atoms with Gasteiger partial charge in [0, 0.05) is 53.2 Å². The maximum atomic E-state index is 13.3. The summed E-state index contributed by atoms with van der Waals surface area (Å²) in [5.41, 5.74) is 8.05. The predicted octanol–water partition coefficient (Wildman–Crippen LogP) is 9.56. The summed E-state index contributed by atoms with van der Waals surface area (Å²) >= 11 is 6.08. The third-order valence-electron chi connectivity index (χ3n) is 8.72. The number of halogens is 1. The van der Waals surface area contributed by atoms with Crippen molar-refractivity contribution in [1.82, 2.24) is 5.32 Å². The smallest absolute Gasteiger partial charge is 0.256 e. The fraction of sp³-hybridized carbons (Fsp3) is 0.175. The molecule has 2 N–H and O–H groups in total. The average Bonchev–Trinajstić information content (AvgIpc) is 3.09. The number of nitrogens with one attached hydrogen (secondary N) is 2. The third-order valence-corrected chi connectivity index (χ3v) is 8.98. The Morgan fingerprint density at radius 1 is 0.778 bits per heavy atom. The van der Waals surface area contributed by atoms with Crippen molar-refractivity contribution in [2.24, 2.45) is 5.92 Å². The van der Waals surface area contributed by atoms with Crippen LogP contribution in [0.3, 0.4) is 0 Å². The first-order valence-corrected chi connectivity index (χ1v) is 16.0. The van der Waals surface area contributed by atoms with E-state index < -0.39 is 0 Å². The van der Waals surface area contributed by atoms with Crippen LogP contribution in [0.25, 0.3) is 11.1 Å². The number of carbonyl (C=O) groups is 1. The summed E-state index contributed by atoms with van der Waals surface area (Å²) in [6.07, 6.45) is 2.15.